The molecule has 12 heteroatoms. The lowest BCUT2D eigenvalue weighted by atomic mass is 10.2. The highest BCUT2D eigenvalue weighted by atomic mass is 32.2. The monoisotopic (exact) mass is 534 g/mol. The van der Waals surface area contributed by atoms with Gasteiger partial charge in [-0.2, -0.15) is 4.40 Å². The molecule has 0 fully saturated rings. The van der Waals surface area contributed by atoms with Crippen LogP contribution in [-0.4, -0.2) is 46.2 Å². The van der Waals surface area contributed by atoms with Gasteiger partial charge in [0.25, 0.3) is 0 Å². The second-order valence-corrected chi connectivity index (χ2v) is 8.75. The summed E-state index contributed by atoms with van der Waals surface area (Å²) in [4.78, 5) is 13.3. The molecular formula is C26H30N8O3S. The molecule has 0 saturated carbocycles. The van der Waals surface area contributed by atoms with E-state index in [1.54, 1.807) is 32.7 Å². The first-order valence-corrected chi connectivity index (χ1v) is 12.7. The molecule has 3 aromatic rings. The van der Waals surface area contributed by atoms with Gasteiger partial charge in [-0.15, -0.1) is 0 Å². The third kappa shape index (κ3) is 5.92. The molecule has 5 N–H and O–H groups in total. The van der Waals surface area contributed by atoms with Gasteiger partial charge in [-0.3, -0.25) is 4.57 Å². The number of nitrogens with one attached hydrogen (secondary N) is 1. The van der Waals surface area contributed by atoms with Crippen LogP contribution in [0, 0.1) is 6.92 Å². The zero-order valence-corrected chi connectivity index (χ0v) is 22.5. The van der Waals surface area contributed by atoms with Crippen molar-refractivity contribution in [2.24, 2.45) is 10.1 Å². The number of methoxy groups -OCH3 is 2. The van der Waals surface area contributed by atoms with Crippen LogP contribution >= 0.6 is 11.9 Å². The molecule has 3 heterocycles. The molecule has 4 rings (SSSR count). The van der Waals surface area contributed by atoms with E-state index in [1.807, 2.05) is 54.8 Å². The van der Waals surface area contributed by atoms with E-state index >= 15 is 0 Å². The van der Waals surface area contributed by atoms with Crippen LogP contribution in [0.15, 0.2) is 59.1 Å². The normalized spacial score (nSPS) is 15.2. The molecule has 0 spiro atoms. The minimum atomic E-state index is 0.238. The maximum absolute atomic E-state index is 6.45. The van der Waals surface area contributed by atoms with Gasteiger partial charge in [0, 0.05) is 18.5 Å². The van der Waals surface area contributed by atoms with Gasteiger partial charge >= 0.3 is 0 Å². The van der Waals surface area contributed by atoms with E-state index in [4.69, 9.17) is 25.7 Å². The minimum Gasteiger partial charge on any atom is -0.494 e. The van der Waals surface area contributed by atoms with E-state index in [0.717, 1.165) is 5.56 Å². The molecule has 0 bridgehead atoms. The van der Waals surface area contributed by atoms with Crippen LogP contribution in [0.25, 0.3) is 17.5 Å². The molecule has 0 radical (unpaired) electrons. The number of dihydropyridines is 1. The predicted molar refractivity (Wildman–Crippen MR) is 150 cm³/mol. The minimum absolute atomic E-state index is 0.238. The van der Waals surface area contributed by atoms with E-state index < -0.39 is 0 Å². The third-order valence-corrected chi connectivity index (χ3v) is 6.09. The van der Waals surface area contributed by atoms with Crippen LogP contribution < -0.4 is 37.1 Å². The SMILES string of the molecule is CCOC1=CC=CC(=c2nc(N)c(=CC(N)=NSCc3ncc(C)cn3)n2-c2c(OC)cccc2OC)N1. The number of hydrogen-bond acceptors (Lipinski definition) is 10. The van der Waals surface area contributed by atoms with Gasteiger partial charge in [0.15, 0.2) is 17.2 Å². The maximum atomic E-state index is 6.45. The number of allylic oxidation sites excluding steroid dienone is 2. The Hall–Kier alpha value is -4.45. The number of amidine groups is 1. The summed E-state index contributed by atoms with van der Waals surface area (Å²) in [5.41, 5.74) is 15.5. The lowest BCUT2D eigenvalue weighted by Crippen LogP contribution is -2.33. The number of aryl methyl sites for hydroxylation is 1. The standard InChI is InChI=1S/C26H30N8O3S/c1-5-37-23-11-6-8-17(31-23)26-32-25(28)18(34(26)24-19(35-3)9-7-10-20(24)36-4)12-21(27)33-38-15-22-29-13-16(2)14-30-22/h6-14,31H,5,15H2,1-4H3,(H2,27,33)(H2,28,32). The Bertz CT molecular complexity index is 1490. The zero-order chi connectivity index (χ0) is 27.1. The van der Waals surface area contributed by atoms with E-state index in [2.05, 4.69) is 24.7 Å². The smallest absolute Gasteiger partial charge is 0.191 e. The molecule has 0 saturated heterocycles. The molecule has 38 heavy (non-hydrogen) atoms. The van der Waals surface area contributed by atoms with Crippen LogP contribution in [0.1, 0.15) is 18.3 Å². The van der Waals surface area contributed by atoms with Crippen LogP contribution in [-0.2, 0) is 10.5 Å². The van der Waals surface area contributed by atoms with Gasteiger partial charge in [0.1, 0.15) is 28.8 Å². The zero-order valence-electron chi connectivity index (χ0n) is 21.6. The summed E-state index contributed by atoms with van der Waals surface area (Å²) >= 11 is 1.24. The van der Waals surface area contributed by atoms with Gasteiger partial charge < -0.3 is 31.0 Å². The summed E-state index contributed by atoms with van der Waals surface area (Å²) in [6.07, 6.45) is 10.8. The van der Waals surface area contributed by atoms with Gasteiger partial charge in [-0.05, 0) is 55.6 Å². The Kier molecular flexibility index (Phi) is 8.54. The molecule has 1 aromatic carbocycles. The molecule has 0 amide bonds. The van der Waals surface area contributed by atoms with Crippen LogP contribution in [0.4, 0.5) is 5.82 Å². The number of para-hydroxylation sites is 1. The van der Waals surface area contributed by atoms with E-state index in [0.29, 0.717) is 57.8 Å². The fraction of sp³-hybridized carbons (Fsp3) is 0.231. The summed E-state index contributed by atoms with van der Waals surface area (Å²) in [6.45, 7) is 4.36. The highest BCUT2D eigenvalue weighted by Gasteiger charge is 2.19. The van der Waals surface area contributed by atoms with Crippen molar-refractivity contribution in [1.29, 1.82) is 0 Å². The third-order valence-electron chi connectivity index (χ3n) is 5.36. The average molecular weight is 535 g/mol. The van der Waals surface area contributed by atoms with Crippen molar-refractivity contribution in [3.8, 4) is 17.2 Å². The van der Waals surface area contributed by atoms with Crippen LogP contribution in [0.5, 0.6) is 11.5 Å². The van der Waals surface area contributed by atoms with E-state index in [1.165, 1.54) is 11.9 Å². The van der Waals surface area contributed by atoms with E-state index in [9.17, 15) is 0 Å². The average Bonchev–Trinajstić information content (AvgIpc) is 3.24. The number of ether oxygens (including phenoxy) is 3. The largest absolute Gasteiger partial charge is 0.494 e. The summed E-state index contributed by atoms with van der Waals surface area (Å²) in [6, 6.07) is 5.50. The number of anilines is 1. The Morgan fingerprint density at radius 2 is 1.89 bits per heavy atom. The molecule has 0 aliphatic carbocycles. The van der Waals surface area contributed by atoms with Crippen molar-refractivity contribution >= 4 is 35.4 Å². The first-order valence-electron chi connectivity index (χ1n) is 11.8. The molecule has 0 unspecified atom stereocenters. The molecule has 198 valence electrons. The van der Waals surface area contributed by atoms with Crippen molar-refractivity contribution < 1.29 is 14.2 Å². The summed E-state index contributed by atoms with van der Waals surface area (Å²) in [7, 11) is 3.17. The quantitative estimate of drug-likeness (QED) is 0.210. The number of benzene rings is 1. The Labute approximate surface area is 224 Å². The molecular weight excluding hydrogens is 504 g/mol. The molecule has 1 aliphatic heterocycles. The highest BCUT2D eigenvalue weighted by molar-refractivity contribution is 7.97. The van der Waals surface area contributed by atoms with Crippen LogP contribution in [0.2, 0.25) is 0 Å². The number of aromatic nitrogens is 4. The first-order chi connectivity index (χ1) is 18.4. The molecule has 11 nitrogen and oxygen atoms in total. The molecule has 2 aromatic heterocycles. The van der Waals surface area contributed by atoms with Gasteiger partial charge in [0.2, 0.25) is 0 Å². The van der Waals surface area contributed by atoms with Crippen molar-refractivity contribution in [2.45, 2.75) is 19.6 Å². The van der Waals surface area contributed by atoms with E-state index in [-0.39, 0.29) is 11.7 Å². The lowest BCUT2D eigenvalue weighted by molar-refractivity contribution is 0.215. The fourth-order valence-electron chi connectivity index (χ4n) is 3.69. The number of hydrogen-bond donors (Lipinski definition) is 3. The number of nitrogens with zero attached hydrogens (tertiary/aromatic N) is 5. The Morgan fingerprint density at radius 3 is 2.55 bits per heavy atom. The van der Waals surface area contributed by atoms with Gasteiger partial charge in [-0.1, -0.05) is 12.1 Å². The molecule has 1 aliphatic rings. The number of nitrogen functional groups attached to an aromatic ring is 1. The van der Waals surface area contributed by atoms with Crippen molar-refractivity contribution in [1.82, 2.24) is 24.8 Å². The topological polar surface area (TPSA) is 148 Å². The summed E-state index contributed by atoms with van der Waals surface area (Å²) in [5, 5.41) is 3.77. The number of nitrogens with two attached hydrogens (primary N) is 2. The highest BCUT2D eigenvalue weighted by Crippen LogP contribution is 2.30. The van der Waals surface area contributed by atoms with Gasteiger partial charge in [0.05, 0.1) is 37.6 Å². The Morgan fingerprint density at radius 1 is 1.18 bits per heavy atom. The summed E-state index contributed by atoms with van der Waals surface area (Å²) in [5.74, 6) is 3.31. The predicted octanol–water partition coefficient (Wildman–Crippen LogP) is 1.70. The maximum Gasteiger partial charge on any atom is 0.191 e. The second-order valence-electron chi connectivity index (χ2n) is 8.02. The molecule has 0 atom stereocenters. The Balaban J connectivity index is 1.86. The second kappa shape index (κ2) is 12.2. The van der Waals surface area contributed by atoms with Gasteiger partial charge in [-0.25, -0.2) is 15.0 Å². The summed E-state index contributed by atoms with van der Waals surface area (Å²) < 4.78 is 23.3. The number of rotatable bonds is 9. The number of imidazole rings is 1. The van der Waals surface area contributed by atoms with Crippen LogP contribution in [0.3, 0.4) is 0 Å². The van der Waals surface area contributed by atoms with Crippen molar-refractivity contribution in [2.75, 3.05) is 26.6 Å². The van der Waals surface area contributed by atoms with Crippen molar-refractivity contribution in [3.63, 3.8) is 0 Å². The van der Waals surface area contributed by atoms with Crippen molar-refractivity contribution in [3.05, 3.63) is 76.9 Å². The first kappa shape index (κ1) is 26.6. The fourth-order valence-corrected chi connectivity index (χ4v) is 4.22. The lowest BCUT2D eigenvalue weighted by Gasteiger charge is -2.17.